The van der Waals surface area contributed by atoms with E-state index in [-0.39, 0.29) is 15.8 Å². The predicted octanol–water partition coefficient (Wildman–Crippen LogP) is 3.75. The van der Waals surface area contributed by atoms with Gasteiger partial charge in [-0.25, -0.2) is 8.42 Å². The van der Waals surface area contributed by atoms with Crippen LogP contribution in [-0.2, 0) is 16.4 Å². The van der Waals surface area contributed by atoms with Gasteiger partial charge in [-0.3, -0.25) is 14.5 Å². The van der Waals surface area contributed by atoms with Crippen molar-refractivity contribution in [1.29, 1.82) is 0 Å². The van der Waals surface area contributed by atoms with Gasteiger partial charge in [0.25, 0.3) is 15.9 Å². The fourth-order valence-corrected chi connectivity index (χ4v) is 4.75. The van der Waals surface area contributed by atoms with Crippen molar-refractivity contribution >= 4 is 38.9 Å². The quantitative estimate of drug-likeness (QED) is 0.648. The Labute approximate surface area is 179 Å². The molecule has 154 valence electrons. The smallest absolute Gasteiger partial charge is 0.261 e. The van der Waals surface area contributed by atoms with E-state index >= 15 is 0 Å². The highest BCUT2D eigenvalue weighted by Crippen LogP contribution is 2.33. The van der Waals surface area contributed by atoms with Gasteiger partial charge in [0.15, 0.2) is 0 Å². The molecule has 1 aliphatic rings. The second-order valence-corrected chi connectivity index (χ2v) is 8.78. The third kappa shape index (κ3) is 3.83. The number of pyridine rings is 1. The number of anilines is 2. The lowest BCUT2D eigenvalue weighted by atomic mass is 10.1. The fraction of sp³-hybridized carbons (Fsp3) is 0.143. The van der Waals surface area contributed by atoms with Crippen molar-refractivity contribution < 1.29 is 17.9 Å². The first-order valence-electron chi connectivity index (χ1n) is 9.10. The van der Waals surface area contributed by atoms with Crippen molar-refractivity contribution in [2.45, 2.75) is 11.3 Å². The molecule has 30 heavy (non-hydrogen) atoms. The van der Waals surface area contributed by atoms with E-state index in [0.29, 0.717) is 30.0 Å². The Kier molecular flexibility index (Phi) is 5.36. The Bertz CT molecular complexity index is 1220. The molecule has 2 aromatic carbocycles. The van der Waals surface area contributed by atoms with Gasteiger partial charge in [0, 0.05) is 30.3 Å². The molecule has 1 N–H and O–H groups in total. The maximum Gasteiger partial charge on any atom is 0.261 e. The molecule has 1 amide bonds. The number of nitrogens with zero attached hydrogens (tertiary/aromatic N) is 2. The van der Waals surface area contributed by atoms with E-state index in [1.165, 1.54) is 31.5 Å². The summed E-state index contributed by atoms with van der Waals surface area (Å²) >= 11 is 6.05. The first-order chi connectivity index (χ1) is 14.4. The third-order valence-electron chi connectivity index (χ3n) is 4.81. The number of nitrogens with one attached hydrogen (secondary N) is 1. The average molecular weight is 444 g/mol. The number of aromatic nitrogens is 1. The zero-order valence-electron chi connectivity index (χ0n) is 16.0. The average Bonchev–Trinajstić information content (AvgIpc) is 3.16. The van der Waals surface area contributed by atoms with Crippen molar-refractivity contribution in [3.8, 4) is 5.75 Å². The molecule has 0 bridgehead atoms. The largest absolute Gasteiger partial charge is 0.495 e. The zero-order chi connectivity index (χ0) is 21.3. The minimum absolute atomic E-state index is 0.0298. The standard InChI is InChI=1S/C21H18ClN3O4S/c1-29-20-7-5-17(12-18(20)22)30(27,28)24-16-4-6-19-14(11-16)8-10-25(19)21(26)15-3-2-9-23-13-15/h2-7,9,11-13,24H,8,10H2,1H3. The first kappa shape index (κ1) is 20.2. The van der Waals surface area contributed by atoms with E-state index in [1.807, 2.05) is 0 Å². The second kappa shape index (κ2) is 7.97. The fourth-order valence-electron chi connectivity index (χ4n) is 3.35. The van der Waals surface area contributed by atoms with Gasteiger partial charge < -0.3 is 9.64 Å². The van der Waals surface area contributed by atoms with Crippen molar-refractivity contribution in [1.82, 2.24) is 4.98 Å². The topological polar surface area (TPSA) is 88.6 Å². The first-order valence-corrected chi connectivity index (χ1v) is 11.0. The van der Waals surface area contributed by atoms with Gasteiger partial charge in [-0.1, -0.05) is 11.6 Å². The number of fused-ring (bicyclic) bond motifs is 1. The molecule has 0 unspecified atom stereocenters. The maximum absolute atomic E-state index is 12.7. The van der Waals surface area contributed by atoms with Gasteiger partial charge in [-0.15, -0.1) is 0 Å². The number of carbonyl (C=O) groups is 1. The molecular weight excluding hydrogens is 426 g/mol. The number of sulfonamides is 1. The van der Waals surface area contributed by atoms with E-state index in [0.717, 1.165) is 11.3 Å². The van der Waals surface area contributed by atoms with Crippen LogP contribution in [0, 0.1) is 0 Å². The SMILES string of the molecule is COc1ccc(S(=O)(=O)Nc2ccc3c(c2)CCN3C(=O)c2cccnc2)cc1Cl. The van der Waals surface area contributed by atoms with E-state index in [9.17, 15) is 13.2 Å². The number of hydrogen-bond acceptors (Lipinski definition) is 5. The van der Waals surface area contributed by atoms with Gasteiger partial charge in [0.1, 0.15) is 5.75 Å². The summed E-state index contributed by atoms with van der Waals surface area (Å²) in [5.41, 5.74) is 2.57. The molecule has 0 atom stereocenters. The lowest BCUT2D eigenvalue weighted by Gasteiger charge is -2.17. The van der Waals surface area contributed by atoms with Crippen LogP contribution in [0.2, 0.25) is 5.02 Å². The molecule has 1 aromatic heterocycles. The number of hydrogen-bond donors (Lipinski definition) is 1. The number of benzene rings is 2. The van der Waals surface area contributed by atoms with Crippen LogP contribution in [0.15, 0.2) is 65.8 Å². The van der Waals surface area contributed by atoms with Gasteiger partial charge in [-0.05, 0) is 60.5 Å². The van der Waals surface area contributed by atoms with Crippen LogP contribution in [0.25, 0.3) is 0 Å². The number of methoxy groups -OCH3 is 1. The molecule has 0 radical (unpaired) electrons. The normalized spacial score (nSPS) is 13.1. The molecule has 0 saturated carbocycles. The summed E-state index contributed by atoms with van der Waals surface area (Å²) < 4.78 is 33.1. The lowest BCUT2D eigenvalue weighted by Crippen LogP contribution is -2.28. The van der Waals surface area contributed by atoms with E-state index in [4.69, 9.17) is 16.3 Å². The van der Waals surface area contributed by atoms with Crippen LogP contribution < -0.4 is 14.4 Å². The molecule has 4 rings (SSSR count). The summed E-state index contributed by atoms with van der Waals surface area (Å²) in [5.74, 6) is 0.259. The molecule has 0 fully saturated rings. The van der Waals surface area contributed by atoms with Crippen LogP contribution >= 0.6 is 11.6 Å². The lowest BCUT2D eigenvalue weighted by molar-refractivity contribution is 0.0989. The number of ether oxygens (including phenoxy) is 1. The van der Waals surface area contributed by atoms with Crippen LogP contribution in [0.5, 0.6) is 5.75 Å². The van der Waals surface area contributed by atoms with E-state index < -0.39 is 10.0 Å². The van der Waals surface area contributed by atoms with E-state index in [2.05, 4.69) is 9.71 Å². The van der Waals surface area contributed by atoms with Gasteiger partial charge in [0.2, 0.25) is 0 Å². The highest BCUT2D eigenvalue weighted by molar-refractivity contribution is 7.92. The summed E-state index contributed by atoms with van der Waals surface area (Å²) in [6, 6.07) is 12.8. The van der Waals surface area contributed by atoms with Crippen LogP contribution in [0.4, 0.5) is 11.4 Å². The minimum atomic E-state index is -3.83. The summed E-state index contributed by atoms with van der Waals surface area (Å²) in [4.78, 5) is 18.4. The van der Waals surface area contributed by atoms with Crippen LogP contribution in [0.3, 0.4) is 0 Å². The Morgan fingerprint density at radius 2 is 2.03 bits per heavy atom. The number of halogens is 1. The zero-order valence-corrected chi connectivity index (χ0v) is 17.6. The molecule has 7 nitrogen and oxygen atoms in total. The molecular formula is C21H18ClN3O4S. The van der Waals surface area contributed by atoms with E-state index in [1.54, 1.807) is 41.4 Å². The Hall–Kier alpha value is -3.10. The molecule has 9 heteroatoms. The Balaban J connectivity index is 1.57. The Morgan fingerprint density at radius 1 is 1.20 bits per heavy atom. The van der Waals surface area contributed by atoms with Crippen molar-refractivity contribution in [3.63, 3.8) is 0 Å². The molecule has 1 aliphatic heterocycles. The summed E-state index contributed by atoms with van der Waals surface area (Å²) in [6.45, 7) is 0.521. The van der Waals surface area contributed by atoms with Crippen LogP contribution in [-0.4, -0.2) is 33.0 Å². The third-order valence-corrected chi connectivity index (χ3v) is 6.49. The van der Waals surface area contributed by atoms with Gasteiger partial charge in [-0.2, -0.15) is 0 Å². The van der Waals surface area contributed by atoms with Gasteiger partial charge in [0.05, 0.1) is 22.6 Å². The maximum atomic E-state index is 12.7. The van der Waals surface area contributed by atoms with Gasteiger partial charge >= 0.3 is 0 Å². The molecule has 0 spiro atoms. The molecule has 0 saturated heterocycles. The highest BCUT2D eigenvalue weighted by atomic mass is 35.5. The van der Waals surface area contributed by atoms with Crippen molar-refractivity contribution in [3.05, 3.63) is 77.1 Å². The predicted molar refractivity (Wildman–Crippen MR) is 115 cm³/mol. The number of amides is 1. The minimum Gasteiger partial charge on any atom is -0.495 e. The molecule has 3 aromatic rings. The second-order valence-electron chi connectivity index (χ2n) is 6.69. The number of rotatable bonds is 5. The van der Waals surface area contributed by atoms with Crippen molar-refractivity contribution in [2.75, 3.05) is 23.3 Å². The van der Waals surface area contributed by atoms with Crippen molar-refractivity contribution in [2.24, 2.45) is 0 Å². The molecule has 2 heterocycles. The highest BCUT2D eigenvalue weighted by Gasteiger charge is 2.26. The monoisotopic (exact) mass is 443 g/mol. The Morgan fingerprint density at radius 3 is 2.73 bits per heavy atom. The van der Waals surface area contributed by atoms with Crippen LogP contribution in [0.1, 0.15) is 15.9 Å². The molecule has 0 aliphatic carbocycles. The number of carbonyl (C=O) groups excluding carboxylic acids is 1. The summed E-state index contributed by atoms with van der Waals surface area (Å²) in [5, 5.41) is 0.207. The summed E-state index contributed by atoms with van der Waals surface area (Å²) in [6.07, 6.45) is 3.77. The summed E-state index contributed by atoms with van der Waals surface area (Å²) in [7, 11) is -2.37.